The maximum Gasteiger partial charge on any atom is 0.249 e. The average molecular weight is 417 g/mol. The summed E-state index contributed by atoms with van der Waals surface area (Å²) in [6.07, 6.45) is 1.79. The van der Waals surface area contributed by atoms with E-state index in [9.17, 15) is 9.18 Å². The van der Waals surface area contributed by atoms with Crippen LogP contribution >= 0.6 is 0 Å². The fraction of sp³-hybridized carbons (Fsp3) is 0.208. The number of aromatic nitrogens is 3. The number of carbonyl (C=O) groups is 1. The molecule has 0 aliphatic heterocycles. The van der Waals surface area contributed by atoms with Gasteiger partial charge in [0.2, 0.25) is 11.9 Å². The molecule has 0 saturated carbocycles. The molecular weight excluding hydrogens is 393 g/mol. The number of rotatable bonds is 6. The minimum Gasteiger partial charge on any atom is -0.366 e. The maximum atomic E-state index is 14.2. The van der Waals surface area contributed by atoms with Gasteiger partial charge in [-0.15, -0.1) is 0 Å². The summed E-state index contributed by atoms with van der Waals surface area (Å²) in [7, 11) is 0. The highest BCUT2D eigenvalue weighted by atomic mass is 19.1. The maximum absolute atomic E-state index is 14.2. The molecule has 1 amide bonds. The number of nitrogens with two attached hydrogens (primary N) is 1. The van der Waals surface area contributed by atoms with Crippen molar-refractivity contribution in [3.63, 3.8) is 0 Å². The van der Waals surface area contributed by atoms with Crippen molar-refractivity contribution in [2.24, 2.45) is 5.73 Å². The van der Waals surface area contributed by atoms with E-state index in [1.807, 2.05) is 37.3 Å². The summed E-state index contributed by atoms with van der Waals surface area (Å²) < 4.78 is 16.0. The van der Waals surface area contributed by atoms with Crippen molar-refractivity contribution in [3.8, 4) is 5.95 Å². The molecule has 0 spiro atoms. The van der Waals surface area contributed by atoms with E-state index >= 15 is 0 Å². The Morgan fingerprint density at radius 2 is 1.94 bits per heavy atom. The van der Waals surface area contributed by atoms with Crippen LogP contribution < -0.4 is 11.1 Å². The molecule has 0 atom stereocenters. The first kappa shape index (κ1) is 20.5. The molecule has 2 aromatic heterocycles. The van der Waals surface area contributed by atoms with Crippen LogP contribution in [0, 0.1) is 12.7 Å². The second-order valence-corrected chi connectivity index (χ2v) is 7.84. The lowest BCUT2D eigenvalue weighted by Crippen LogP contribution is -2.12. The number of amides is 1. The Morgan fingerprint density at radius 3 is 2.61 bits per heavy atom. The van der Waals surface area contributed by atoms with Crippen LogP contribution in [0.1, 0.15) is 46.9 Å². The Balaban J connectivity index is 1.82. The molecule has 6 nitrogen and oxygen atoms in total. The first-order valence-corrected chi connectivity index (χ1v) is 10.1. The van der Waals surface area contributed by atoms with Gasteiger partial charge < -0.3 is 11.1 Å². The fourth-order valence-electron chi connectivity index (χ4n) is 3.71. The predicted molar refractivity (Wildman–Crippen MR) is 120 cm³/mol. The number of fused-ring (bicyclic) bond motifs is 1. The summed E-state index contributed by atoms with van der Waals surface area (Å²) in [5.74, 6) is 0.115. The third-order valence-corrected chi connectivity index (χ3v) is 5.26. The van der Waals surface area contributed by atoms with Gasteiger partial charge in [0, 0.05) is 29.4 Å². The summed E-state index contributed by atoms with van der Waals surface area (Å²) in [6, 6.07) is 14.4. The largest absolute Gasteiger partial charge is 0.366 e. The van der Waals surface area contributed by atoms with Crippen molar-refractivity contribution in [1.82, 2.24) is 14.5 Å². The van der Waals surface area contributed by atoms with E-state index in [4.69, 9.17) is 10.7 Å². The van der Waals surface area contributed by atoms with E-state index in [0.717, 1.165) is 28.7 Å². The standard InChI is InChI=1S/C24H24FN5O/c1-14(2)20-13-28-24(29-23(20)27-12-16-7-5-4-6-8-16)30-15(3)9-18-19(22(26)31)10-17(25)11-21(18)30/h4-11,13-14H,12H2,1-3H3,(H2,26,31)(H,27,28,29). The van der Waals surface area contributed by atoms with Crippen LogP contribution in [0.15, 0.2) is 54.7 Å². The number of carbonyl (C=O) groups excluding carboxylic acids is 1. The Kier molecular flexibility index (Phi) is 5.42. The number of nitrogens with zero attached hydrogens (tertiary/aromatic N) is 3. The Hall–Kier alpha value is -3.74. The third-order valence-electron chi connectivity index (χ3n) is 5.26. The van der Waals surface area contributed by atoms with Gasteiger partial charge in [0.1, 0.15) is 11.6 Å². The zero-order valence-corrected chi connectivity index (χ0v) is 17.7. The Labute approximate surface area is 179 Å². The Bertz CT molecular complexity index is 1260. The molecule has 3 N–H and O–H groups in total. The number of primary amides is 1. The lowest BCUT2D eigenvalue weighted by molar-refractivity contribution is 0.100. The zero-order chi connectivity index (χ0) is 22.1. The van der Waals surface area contributed by atoms with Crippen LogP contribution in [-0.4, -0.2) is 20.4 Å². The quantitative estimate of drug-likeness (QED) is 0.476. The zero-order valence-electron chi connectivity index (χ0n) is 17.7. The van der Waals surface area contributed by atoms with Crippen LogP contribution in [0.25, 0.3) is 16.9 Å². The van der Waals surface area contributed by atoms with Crippen molar-refractivity contribution in [2.45, 2.75) is 33.2 Å². The van der Waals surface area contributed by atoms with Crippen molar-refractivity contribution in [2.75, 3.05) is 5.32 Å². The van der Waals surface area contributed by atoms with Crippen LogP contribution in [0.3, 0.4) is 0 Å². The van der Waals surface area contributed by atoms with E-state index in [2.05, 4.69) is 24.1 Å². The summed E-state index contributed by atoms with van der Waals surface area (Å²) >= 11 is 0. The number of halogens is 1. The van der Waals surface area contributed by atoms with Crippen molar-refractivity contribution in [3.05, 3.63) is 82.9 Å². The highest BCUT2D eigenvalue weighted by molar-refractivity contribution is 6.06. The Morgan fingerprint density at radius 1 is 1.19 bits per heavy atom. The topological polar surface area (TPSA) is 85.8 Å². The number of hydrogen-bond donors (Lipinski definition) is 2. The molecule has 0 unspecified atom stereocenters. The molecule has 7 heteroatoms. The van der Waals surface area contributed by atoms with Crippen molar-refractivity contribution >= 4 is 22.6 Å². The molecule has 0 aliphatic carbocycles. The predicted octanol–water partition coefficient (Wildman–Crippen LogP) is 4.70. The van der Waals surface area contributed by atoms with E-state index in [1.165, 1.54) is 6.07 Å². The van der Waals surface area contributed by atoms with Gasteiger partial charge in [0.25, 0.3) is 0 Å². The third kappa shape index (κ3) is 3.99. The molecule has 2 aromatic carbocycles. The van der Waals surface area contributed by atoms with Crippen LogP contribution in [0.4, 0.5) is 10.2 Å². The van der Waals surface area contributed by atoms with Gasteiger partial charge in [-0.05, 0) is 36.6 Å². The second-order valence-electron chi connectivity index (χ2n) is 7.84. The summed E-state index contributed by atoms with van der Waals surface area (Å²) in [5.41, 5.74) is 8.99. The smallest absolute Gasteiger partial charge is 0.249 e. The molecule has 0 radical (unpaired) electrons. The van der Waals surface area contributed by atoms with Crippen LogP contribution in [0.5, 0.6) is 0 Å². The van der Waals surface area contributed by atoms with Gasteiger partial charge in [0.05, 0.1) is 11.1 Å². The summed E-state index contributed by atoms with van der Waals surface area (Å²) in [5, 5.41) is 3.98. The van der Waals surface area contributed by atoms with Gasteiger partial charge in [-0.25, -0.2) is 9.37 Å². The lowest BCUT2D eigenvalue weighted by atomic mass is 10.1. The normalized spacial score (nSPS) is 11.3. The molecule has 4 aromatic rings. The van der Waals surface area contributed by atoms with Crippen LogP contribution in [0.2, 0.25) is 0 Å². The van der Waals surface area contributed by atoms with E-state index in [-0.39, 0.29) is 11.5 Å². The number of benzene rings is 2. The minimum atomic E-state index is -0.678. The molecule has 4 rings (SSSR count). The fourth-order valence-corrected chi connectivity index (χ4v) is 3.71. The molecule has 0 bridgehead atoms. The van der Waals surface area contributed by atoms with E-state index < -0.39 is 11.7 Å². The molecule has 158 valence electrons. The van der Waals surface area contributed by atoms with Gasteiger partial charge in [-0.1, -0.05) is 44.2 Å². The highest BCUT2D eigenvalue weighted by Gasteiger charge is 2.18. The number of hydrogen-bond acceptors (Lipinski definition) is 4. The first-order valence-electron chi connectivity index (χ1n) is 10.1. The lowest BCUT2D eigenvalue weighted by Gasteiger charge is -2.16. The number of nitrogens with one attached hydrogen (secondary N) is 1. The van der Waals surface area contributed by atoms with E-state index in [0.29, 0.717) is 23.4 Å². The van der Waals surface area contributed by atoms with Gasteiger partial charge in [-0.2, -0.15) is 4.98 Å². The molecule has 31 heavy (non-hydrogen) atoms. The number of aryl methyl sites for hydroxylation is 1. The monoisotopic (exact) mass is 417 g/mol. The van der Waals surface area contributed by atoms with Gasteiger partial charge >= 0.3 is 0 Å². The van der Waals surface area contributed by atoms with Gasteiger partial charge in [-0.3, -0.25) is 9.36 Å². The molecule has 0 fully saturated rings. The van der Waals surface area contributed by atoms with Crippen molar-refractivity contribution < 1.29 is 9.18 Å². The SMILES string of the molecule is Cc1cc2c(C(N)=O)cc(F)cc2n1-c1ncc(C(C)C)c(NCc2ccccc2)n1. The van der Waals surface area contributed by atoms with Gasteiger partial charge in [0.15, 0.2) is 0 Å². The molecule has 0 aliphatic rings. The minimum absolute atomic E-state index is 0.137. The highest BCUT2D eigenvalue weighted by Crippen LogP contribution is 2.29. The summed E-state index contributed by atoms with van der Waals surface area (Å²) in [6.45, 7) is 6.64. The average Bonchev–Trinajstić information content (AvgIpc) is 3.07. The molecule has 0 saturated heterocycles. The summed E-state index contributed by atoms with van der Waals surface area (Å²) in [4.78, 5) is 21.1. The van der Waals surface area contributed by atoms with E-state index in [1.54, 1.807) is 16.8 Å². The van der Waals surface area contributed by atoms with Crippen LogP contribution in [-0.2, 0) is 6.54 Å². The molecule has 2 heterocycles. The number of anilines is 1. The second kappa shape index (κ2) is 8.18. The van der Waals surface area contributed by atoms with Crippen molar-refractivity contribution in [1.29, 1.82) is 0 Å². The first-order chi connectivity index (χ1) is 14.8. The molecular formula is C24H24FN5O.